The Bertz CT molecular complexity index is 1300. The third kappa shape index (κ3) is 5.42. The van der Waals surface area contributed by atoms with E-state index in [1.54, 1.807) is 12.1 Å². The molecule has 2 amide bonds. The zero-order valence-electron chi connectivity index (χ0n) is 19.7. The van der Waals surface area contributed by atoms with Crippen LogP contribution in [0, 0.1) is 0 Å². The van der Waals surface area contributed by atoms with Crippen molar-refractivity contribution in [2.45, 2.75) is 19.5 Å². The average Bonchev–Trinajstić information content (AvgIpc) is 3.42. The quantitative estimate of drug-likeness (QED) is 0.447. The number of anilines is 1. The summed E-state index contributed by atoms with van der Waals surface area (Å²) in [5.41, 5.74) is 13.5. The molecule has 0 saturated heterocycles. The van der Waals surface area contributed by atoms with Crippen LogP contribution in [-0.2, 0) is 19.5 Å². The number of hydrazine groups is 1. The van der Waals surface area contributed by atoms with E-state index in [1.807, 2.05) is 48.7 Å². The van der Waals surface area contributed by atoms with Gasteiger partial charge in [-0.1, -0.05) is 30.3 Å². The van der Waals surface area contributed by atoms with Gasteiger partial charge in [-0.25, -0.2) is 5.43 Å². The van der Waals surface area contributed by atoms with Crippen LogP contribution in [-0.4, -0.2) is 36.9 Å². The van der Waals surface area contributed by atoms with Crippen molar-refractivity contribution in [3.63, 3.8) is 0 Å². The minimum absolute atomic E-state index is 0.153. The van der Waals surface area contributed by atoms with Crippen molar-refractivity contribution in [2.75, 3.05) is 25.5 Å². The number of carbonyl (C=O) groups is 2. The SMILES string of the molecule is CN1CCc2ccc(NC(=O)c3cccc(CNC(=O)c4cccc(C5=CNNC5)c4)c3)cc2C1. The Kier molecular flexibility index (Phi) is 6.61. The first-order chi connectivity index (χ1) is 17.0. The van der Waals surface area contributed by atoms with E-state index in [0.29, 0.717) is 24.2 Å². The molecule has 0 atom stereocenters. The molecule has 0 unspecified atom stereocenters. The summed E-state index contributed by atoms with van der Waals surface area (Å²) in [7, 11) is 2.11. The lowest BCUT2D eigenvalue weighted by Crippen LogP contribution is -2.26. The molecule has 0 radical (unpaired) electrons. The van der Waals surface area contributed by atoms with Crippen LogP contribution in [0.4, 0.5) is 5.69 Å². The fourth-order valence-electron chi connectivity index (χ4n) is 4.47. The largest absolute Gasteiger partial charge is 0.348 e. The second kappa shape index (κ2) is 10.1. The van der Waals surface area contributed by atoms with Crippen LogP contribution >= 0.6 is 0 Å². The molecule has 35 heavy (non-hydrogen) atoms. The lowest BCUT2D eigenvalue weighted by molar-refractivity contribution is 0.0950. The van der Waals surface area contributed by atoms with Crippen LogP contribution in [0.5, 0.6) is 0 Å². The van der Waals surface area contributed by atoms with Crippen LogP contribution in [0.3, 0.4) is 0 Å². The summed E-state index contributed by atoms with van der Waals surface area (Å²) in [5.74, 6) is -0.317. The Hall–Kier alpha value is -3.94. The first kappa shape index (κ1) is 22.8. The van der Waals surface area contributed by atoms with Gasteiger partial charge >= 0.3 is 0 Å². The van der Waals surface area contributed by atoms with Gasteiger partial charge in [0.15, 0.2) is 0 Å². The van der Waals surface area contributed by atoms with E-state index in [4.69, 9.17) is 0 Å². The number of amides is 2. The number of fused-ring (bicyclic) bond motifs is 1. The van der Waals surface area contributed by atoms with Crippen LogP contribution in [0.1, 0.15) is 43.0 Å². The molecule has 178 valence electrons. The highest BCUT2D eigenvalue weighted by atomic mass is 16.2. The van der Waals surface area contributed by atoms with Crippen molar-refractivity contribution in [3.8, 4) is 0 Å². The molecule has 0 aliphatic carbocycles. The first-order valence-corrected chi connectivity index (χ1v) is 11.8. The maximum absolute atomic E-state index is 12.9. The van der Waals surface area contributed by atoms with Gasteiger partial charge in [0, 0.05) is 49.2 Å². The van der Waals surface area contributed by atoms with Crippen molar-refractivity contribution < 1.29 is 9.59 Å². The second-order valence-corrected chi connectivity index (χ2v) is 9.06. The summed E-state index contributed by atoms with van der Waals surface area (Å²) in [6, 6.07) is 21.0. The van der Waals surface area contributed by atoms with E-state index in [0.717, 1.165) is 41.9 Å². The molecule has 2 aliphatic heterocycles. The summed E-state index contributed by atoms with van der Waals surface area (Å²) in [6.45, 7) is 2.99. The highest BCUT2D eigenvalue weighted by Crippen LogP contribution is 2.22. The molecule has 3 aromatic rings. The van der Waals surface area contributed by atoms with Gasteiger partial charge < -0.3 is 21.0 Å². The Morgan fingerprint density at radius 2 is 1.77 bits per heavy atom. The fourth-order valence-corrected chi connectivity index (χ4v) is 4.47. The third-order valence-electron chi connectivity index (χ3n) is 6.43. The third-order valence-corrected chi connectivity index (χ3v) is 6.43. The highest BCUT2D eigenvalue weighted by molar-refractivity contribution is 6.04. The van der Waals surface area contributed by atoms with E-state index in [1.165, 1.54) is 11.1 Å². The molecule has 2 aliphatic rings. The van der Waals surface area contributed by atoms with E-state index >= 15 is 0 Å². The van der Waals surface area contributed by atoms with Crippen molar-refractivity contribution in [1.82, 2.24) is 21.1 Å². The molecule has 0 bridgehead atoms. The lowest BCUT2D eigenvalue weighted by Gasteiger charge is -2.25. The minimum atomic E-state index is -0.165. The molecule has 0 aromatic heterocycles. The molecule has 0 fully saturated rings. The molecule has 2 heterocycles. The van der Waals surface area contributed by atoms with Crippen LogP contribution < -0.4 is 21.5 Å². The topological polar surface area (TPSA) is 85.5 Å². The second-order valence-electron chi connectivity index (χ2n) is 9.06. The van der Waals surface area contributed by atoms with E-state index in [-0.39, 0.29) is 11.8 Å². The number of hydrogen-bond donors (Lipinski definition) is 4. The normalized spacial score (nSPS) is 15.1. The number of hydrogen-bond acceptors (Lipinski definition) is 5. The number of rotatable bonds is 6. The summed E-state index contributed by atoms with van der Waals surface area (Å²) < 4.78 is 0. The van der Waals surface area contributed by atoms with Crippen molar-refractivity contribution in [3.05, 3.63) is 106 Å². The summed E-state index contributed by atoms with van der Waals surface area (Å²) in [6.07, 6.45) is 2.93. The van der Waals surface area contributed by atoms with Gasteiger partial charge in [0.05, 0.1) is 0 Å². The smallest absolute Gasteiger partial charge is 0.255 e. The van der Waals surface area contributed by atoms with Gasteiger partial charge in [0.25, 0.3) is 11.8 Å². The monoisotopic (exact) mass is 467 g/mol. The Morgan fingerprint density at radius 3 is 2.60 bits per heavy atom. The molecule has 0 saturated carbocycles. The van der Waals surface area contributed by atoms with E-state index in [2.05, 4.69) is 45.6 Å². The summed E-state index contributed by atoms with van der Waals surface area (Å²) in [4.78, 5) is 27.9. The highest BCUT2D eigenvalue weighted by Gasteiger charge is 2.15. The summed E-state index contributed by atoms with van der Waals surface area (Å²) >= 11 is 0. The predicted octanol–water partition coefficient (Wildman–Crippen LogP) is 3.31. The van der Waals surface area contributed by atoms with Gasteiger partial charge in [-0.2, -0.15) is 0 Å². The van der Waals surface area contributed by atoms with Crippen LogP contribution in [0.25, 0.3) is 5.57 Å². The zero-order valence-corrected chi connectivity index (χ0v) is 19.7. The van der Waals surface area contributed by atoms with Crippen LogP contribution in [0.2, 0.25) is 0 Å². The number of nitrogens with one attached hydrogen (secondary N) is 4. The van der Waals surface area contributed by atoms with Crippen molar-refractivity contribution >= 4 is 23.1 Å². The Labute approximate surface area is 205 Å². The zero-order chi connectivity index (χ0) is 24.2. The molecule has 0 spiro atoms. The summed E-state index contributed by atoms with van der Waals surface area (Å²) in [5, 5.41) is 5.97. The standard InChI is InChI=1S/C28H29N5O2/c1-33-11-10-20-8-9-26(14-24(20)18-33)32-28(35)22-6-2-4-19(12-22)15-29-27(34)23-7-3-5-21(13-23)25-16-30-31-17-25/h2-9,12-14,16,30-31H,10-11,15,17-18H2,1H3,(H,29,34)(H,32,35). The van der Waals surface area contributed by atoms with Gasteiger partial charge in [-0.15, -0.1) is 0 Å². The number of benzene rings is 3. The van der Waals surface area contributed by atoms with E-state index in [9.17, 15) is 9.59 Å². The maximum atomic E-state index is 12.9. The average molecular weight is 468 g/mol. The number of likely N-dealkylation sites (N-methyl/N-ethyl adjacent to an activating group) is 1. The lowest BCUT2D eigenvalue weighted by atomic mass is 9.99. The first-order valence-electron chi connectivity index (χ1n) is 11.8. The number of carbonyl (C=O) groups excluding carboxylic acids is 2. The number of nitrogens with zero attached hydrogens (tertiary/aromatic N) is 1. The maximum Gasteiger partial charge on any atom is 0.255 e. The molecular weight excluding hydrogens is 438 g/mol. The molecule has 7 nitrogen and oxygen atoms in total. The van der Waals surface area contributed by atoms with Gasteiger partial charge in [0.1, 0.15) is 0 Å². The Morgan fingerprint density at radius 1 is 0.943 bits per heavy atom. The van der Waals surface area contributed by atoms with Gasteiger partial charge in [0.2, 0.25) is 0 Å². The van der Waals surface area contributed by atoms with Crippen molar-refractivity contribution in [2.24, 2.45) is 0 Å². The van der Waals surface area contributed by atoms with Crippen LogP contribution in [0.15, 0.2) is 72.9 Å². The van der Waals surface area contributed by atoms with Crippen molar-refractivity contribution in [1.29, 1.82) is 0 Å². The molecule has 4 N–H and O–H groups in total. The van der Waals surface area contributed by atoms with E-state index < -0.39 is 0 Å². The molecule has 3 aromatic carbocycles. The minimum Gasteiger partial charge on any atom is -0.348 e. The molecular formula is C28H29N5O2. The van der Waals surface area contributed by atoms with Gasteiger partial charge in [-0.05, 0) is 77.7 Å². The Balaban J connectivity index is 1.21. The molecule has 5 rings (SSSR count). The fraction of sp³-hybridized carbons (Fsp3) is 0.214. The predicted molar refractivity (Wildman–Crippen MR) is 138 cm³/mol. The van der Waals surface area contributed by atoms with Gasteiger partial charge in [-0.3, -0.25) is 9.59 Å². The molecule has 7 heteroatoms.